The summed E-state index contributed by atoms with van der Waals surface area (Å²) in [5.74, 6) is 2.68. The second-order valence-corrected chi connectivity index (χ2v) is 7.07. The third-order valence-corrected chi connectivity index (χ3v) is 5.32. The van der Waals surface area contributed by atoms with Gasteiger partial charge in [-0.05, 0) is 18.2 Å². The molecule has 7 heteroatoms. The van der Waals surface area contributed by atoms with Crippen molar-refractivity contribution in [2.45, 2.75) is 6.54 Å². The first-order chi connectivity index (χ1) is 14.7. The number of hydrogen-bond acceptors (Lipinski definition) is 7. The highest BCUT2D eigenvalue weighted by molar-refractivity contribution is 5.55. The minimum atomic E-state index is 0.572. The molecular weight excluding hydrogens is 382 g/mol. The van der Waals surface area contributed by atoms with Crippen molar-refractivity contribution in [2.24, 2.45) is 0 Å². The van der Waals surface area contributed by atoms with Crippen molar-refractivity contribution < 1.29 is 18.9 Å². The van der Waals surface area contributed by atoms with E-state index in [9.17, 15) is 0 Å². The van der Waals surface area contributed by atoms with Crippen LogP contribution < -0.4 is 18.9 Å². The number of nitriles is 1. The van der Waals surface area contributed by atoms with Gasteiger partial charge < -0.3 is 18.9 Å². The van der Waals surface area contributed by atoms with E-state index in [0.717, 1.165) is 50.6 Å². The van der Waals surface area contributed by atoms with Gasteiger partial charge in [-0.3, -0.25) is 9.80 Å². The zero-order valence-corrected chi connectivity index (χ0v) is 17.9. The predicted octanol–water partition coefficient (Wildman–Crippen LogP) is 2.78. The van der Waals surface area contributed by atoms with Crippen LogP contribution in [-0.4, -0.2) is 70.5 Å². The molecule has 0 bridgehead atoms. The molecule has 2 aromatic carbocycles. The summed E-state index contributed by atoms with van der Waals surface area (Å²) < 4.78 is 22.3. The van der Waals surface area contributed by atoms with Crippen LogP contribution in [0.15, 0.2) is 36.4 Å². The Hall–Kier alpha value is -2.95. The number of rotatable bonds is 9. The largest absolute Gasteiger partial charge is 0.493 e. The molecule has 3 rings (SSSR count). The maximum absolute atomic E-state index is 9.15. The molecule has 30 heavy (non-hydrogen) atoms. The number of benzene rings is 2. The van der Waals surface area contributed by atoms with Gasteiger partial charge in [0.25, 0.3) is 0 Å². The molecule has 0 atom stereocenters. The van der Waals surface area contributed by atoms with E-state index in [0.29, 0.717) is 29.4 Å². The summed E-state index contributed by atoms with van der Waals surface area (Å²) in [7, 11) is 4.90. The van der Waals surface area contributed by atoms with Crippen molar-refractivity contribution in [3.05, 3.63) is 47.5 Å². The molecular formula is C23H29N3O4. The highest BCUT2D eigenvalue weighted by Crippen LogP contribution is 2.40. The lowest BCUT2D eigenvalue weighted by atomic mass is 10.1. The highest BCUT2D eigenvalue weighted by Gasteiger charge is 2.21. The minimum absolute atomic E-state index is 0.572. The fourth-order valence-corrected chi connectivity index (χ4v) is 3.67. The van der Waals surface area contributed by atoms with Crippen LogP contribution in [-0.2, 0) is 6.54 Å². The van der Waals surface area contributed by atoms with Gasteiger partial charge in [0.15, 0.2) is 11.5 Å². The quantitative estimate of drug-likeness (QED) is 0.629. The first-order valence-electron chi connectivity index (χ1n) is 10.0. The Bertz CT molecular complexity index is 873. The van der Waals surface area contributed by atoms with Crippen molar-refractivity contribution in [3.8, 4) is 29.1 Å². The third kappa shape index (κ3) is 5.15. The van der Waals surface area contributed by atoms with Crippen molar-refractivity contribution in [1.82, 2.24) is 9.80 Å². The molecule has 1 aliphatic heterocycles. The summed E-state index contributed by atoms with van der Waals surface area (Å²) in [4.78, 5) is 4.80. The smallest absolute Gasteiger partial charge is 0.203 e. The molecule has 0 radical (unpaired) electrons. The Morgan fingerprint density at radius 3 is 2.20 bits per heavy atom. The summed E-state index contributed by atoms with van der Waals surface area (Å²) in [5, 5.41) is 9.15. The van der Waals surface area contributed by atoms with E-state index in [1.807, 2.05) is 30.3 Å². The van der Waals surface area contributed by atoms with Gasteiger partial charge in [0.05, 0.1) is 26.9 Å². The molecule has 1 fully saturated rings. The fraction of sp³-hybridized carbons (Fsp3) is 0.435. The second-order valence-electron chi connectivity index (χ2n) is 7.07. The molecule has 160 valence electrons. The lowest BCUT2D eigenvalue weighted by Crippen LogP contribution is -2.47. The van der Waals surface area contributed by atoms with Gasteiger partial charge in [0.2, 0.25) is 5.75 Å². The molecule has 0 amide bonds. The van der Waals surface area contributed by atoms with Crippen LogP contribution in [0.3, 0.4) is 0 Å². The minimum Gasteiger partial charge on any atom is -0.493 e. The molecule has 0 aliphatic carbocycles. The van der Waals surface area contributed by atoms with Crippen LogP contribution in [0.4, 0.5) is 0 Å². The monoisotopic (exact) mass is 411 g/mol. The van der Waals surface area contributed by atoms with Gasteiger partial charge in [0.1, 0.15) is 18.4 Å². The lowest BCUT2D eigenvalue weighted by Gasteiger charge is -2.35. The number of methoxy groups -OCH3 is 3. The molecule has 0 spiro atoms. The number of ether oxygens (including phenoxy) is 4. The molecule has 1 heterocycles. The van der Waals surface area contributed by atoms with E-state index >= 15 is 0 Å². The normalized spacial score (nSPS) is 14.7. The second kappa shape index (κ2) is 10.7. The van der Waals surface area contributed by atoms with Crippen molar-refractivity contribution >= 4 is 0 Å². The molecule has 7 nitrogen and oxygen atoms in total. The molecule has 1 saturated heterocycles. The number of nitrogens with zero attached hydrogens (tertiary/aromatic N) is 3. The predicted molar refractivity (Wildman–Crippen MR) is 114 cm³/mol. The van der Waals surface area contributed by atoms with E-state index in [1.165, 1.54) is 0 Å². The van der Waals surface area contributed by atoms with E-state index in [2.05, 4.69) is 15.9 Å². The highest BCUT2D eigenvalue weighted by atomic mass is 16.5. The van der Waals surface area contributed by atoms with E-state index < -0.39 is 0 Å². The Morgan fingerprint density at radius 2 is 1.53 bits per heavy atom. The lowest BCUT2D eigenvalue weighted by molar-refractivity contribution is 0.112. The zero-order chi connectivity index (χ0) is 21.3. The maximum Gasteiger partial charge on any atom is 0.203 e. The van der Waals surface area contributed by atoms with Gasteiger partial charge in [-0.1, -0.05) is 18.2 Å². The van der Waals surface area contributed by atoms with Crippen LogP contribution >= 0.6 is 0 Å². The summed E-state index contributed by atoms with van der Waals surface area (Å²) in [6.45, 7) is 6.08. The fourth-order valence-electron chi connectivity index (χ4n) is 3.67. The summed E-state index contributed by atoms with van der Waals surface area (Å²) in [5.41, 5.74) is 1.66. The van der Waals surface area contributed by atoms with Gasteiger partial charge >= 0.3 is 0 Å². The number of para-hydroxylation sites is 1. The van der Waals surface area contributed by atoms with Crippen LogP contribution in [0.2, 0.25) is 0 Å². The van der Waals surface area contributed by atoms with Crippen molar-refractivity contribution in [3.63, 3.8) is 0 Å². The Morgan fingerprint density at radius 1 is 0.833 bits per heavy atom. The van der Waals surface area contributed by atoms with Gasteiger partial charge in [0, 0.05) is 44.8 Å². The first-order valence-corrected chi connectivity index (χ1v) is 10.0. The van der Waals surface area contributed by atoms with Gasteiger partial charge in [-0.2, -0.15) is 5.26 Å². The van der Waals surface area contributed by atoms with Crippen molar-refractivity contribution in [2.75, 3.05) is 60.7 Å². The first kappa shape index (κ1) is 21.8. The summed E-state index contributed by atoms with van der Waals surface area (Å²) >= 11 is 0. The zero-order valence-electron chi connectivity index (χ0n) is 17.9. The van der Waals surface area contributed by atoms with E-state index in [4.69, 9.17) is 24.2 Å². The standard InChI is InChI=1S/C23H29N3O4/c1-27-21-9-8-19(22(28-2)23(21)29-3)17-26-12-10-25(11-13-26)14-15-30-20-7-5-4-6-18(20)16-24/h4-9H,10-15,17H2,1-3H3. The molecule has 1 aliphatic rings. The topological polar surface area (TPSA) is 67.2 Å². The molecule has 2 aromatic rings. The van der Waals surface area contributed by atoms with E-state index in [1.54, 1.807) is 27.4 Å². The molecule has 0 aromatic heterocycles. The Balaban J connectivity index is 1.50. The molecule has 0 N–H and O–H groups in total. The molecule has 0 saturated carbocycles. The van der Waals surface area contributed by atoms with Gasteiger partial charge in [-0.15, -0.1) is 0 Å². The SMILES string of the molecule is COc1ccc(CN2CCN(CCOc3ccccc3C#N)CC2)c(OC)c1OC. The number of piperazine rings is 1. The summed E-state index contributed by atoms with van der Waals surface area (Å²) in [6.07, 6.45) is 0. The average Bonchev–Trinajstić information content (AvgIpc) is 2.80. The van der Waals surface area contributed by atoms with Crippen LogP contribution in [0.1, 0.15) is 11.1 Å². The van der Waals surface area contributed by atoms with Crippen LogP contribution in [0.5, 0.6) is 23.0 Å². The van der Waals surface area contributed by atoms with Crippen molar-refractivity contribution in [1.29, 1.82) is 5.26 Å². The average molecular weight is 412 g/mol. The molecule has 0 unspecified atom stereocenters. The van der Waals surface area contributed by atoms with Crippen LogP contribution in [0, 0.1) is 11.3 Å². The number of hydrogen-bond donors (Lipinski definition) is 0. The summed E-state index contributed by atoms with van der Waals surface area (Å²) in [6, 6.07) is 13.5. The maximum atomic E-state index is 9.15. The van der Waals surface area contributed by atoms with Crippen LogP contribution in [0.25, 0.3) is 0 Å². The Kier molecular flexibility index (Phi) is 7.77. The van der Waals surface area contributed by atoms with E-state index in [-0.39, 0.29) is 0 Å². The third-order valence-electron chi connectivity index (χ3n) is 5.32. The van der Waals surface area contributed by atoms with Gasteiger partial charge in [-0.25, -0.2) is 0 Å². The Labute approximate surface area is 178 Å².